The van der Waals surface area contributed by atoms with Crippen molar-refractivity contribution in [2.24, 2.45) is 16.6 Å². The third-order valence-corrected chi connectivity index (χ3v) is 6.57. The second-order valence-electron chi connectivity index (χ2n) is 7.42. The van der Waals surface area contributed by atoms with Crippen LogP contribution in [0.4, 0.5) is 13.2 Å². The highest BCUT2D eigenvalue weighted by molar-refractivity contribution is 7.89. The van der Waals surface area contributed by atoms with Crippen molar-refractivity contribution in [1.29, 1.82) is 0 Å². The molecule has 0 aliphatic carbocycles. The lowest BCUT2D eigenvalue weighted by molar-refractivity contribution is -0.286. The number of benzene rings is 2. The van der Waals surface area contributed by atoms with Gasteiger partial charge in [-0.3, -0.25) is 0 Å². The number of guanidine groups is 1. The molecule has 0 aliphatic heterocycles. The van der Waals surface area contributed by atoms with Crippen LogP contribution in [0.2, 0.25) is 10.0 Å². The number of carbonyl (C=O) groups is 2. The highest BCUT2D eigenvalue weighted by atomic mass is 35.5. The molecule has 0 heterocycles. The lowest BCUT2D eigenvalue weighted by atomic mass is 10.1. The number of ether oxygens (including phenoxy) is 1. The molecule has 2 aromatic rings. The first kappa shape index (κ1) is 31.7. The van der Waals surface area contributed by atoms with Gasteiger partial charge in [0, 0.05) is 11.4 Å². The summed E-state index contributed by atoms with van der Waals surface area (Å²) in [4.78, 5) is 35.2. The Morgan fingerprint density at radius 2 is 1.69 bits per heavy atom. The highest BCUT2D eigenvalue weighted by Gasteiger charge is 2.43. The Morgan fingerprint density at radius 3 is 2.28 bits per heavy atom. The maximum absolute atomic E-state index is 12.9. The number of sulfonamides is 1. The third-order valence-electron chi connectivity index (χ3n) is 4.38. The Balaban J connectivity index is 2.14. The first-order valence-electron chi connectivity index (χ1n) is 10.6. The van der Waals surface area contributed by atoms with E-state index in [4.69, 9.17) is 44.2 Å². The summed E-state index contributed by atoms with van der Waals surface area (Å²) in [6, 6.07) is 7.43. The summed E-state index contributed by atoms with van der Waals surface area (Å²) in [6.45, 7) is 0.400. The Morgan fingerprint density at radius 1 is 1.03 bits per heavy atom. The maximum atomic E-state index is 12.9. The van der Waals surface area contributed by atoms with Crippen LogP contribution in [0.25, 0.3) is 0 Å². The number of alkyl halides is 3. The van der Waals surface area contributed by atoms with Gasteiger partial charge in [0.1, 0.15) is 23.3 Å². The van der Waals surface area contributed by atoms with Gasteiger partial charge in [0.05, 0.1) is 11.6 Å². The fraction of sp³-hybridized carbons (Fsp3) is 0.286. The fourth-order valence-electron chi connectivity index (χ4n) is 2.69. The van der Waals surface area contributed by atoms with Gasteiger partial charge in [0.2, 0.25) is 16.0 Å². The molecule has 12 nitrogen and oxygen atoms in total. The van der Waals surface area contributed by atoms with Crippen molar-refractivity contribution in [3.05, 3.63) is 58.1 Å². The van der Waals surface area contributed by atoms with Crippen molar-refractivity contribution in [3.8, 4) is 5.75 Å². The van der Waals surface area contributed by atoms with E-state index in [0.29, 0.717) is 17.7 Å². The van der Waals surface area contributed by atoms with Gasteiger partial charge in [-0.2, -0.15) is 17.9 Å². The molecule has 0 saturated heterocycles. The number of hydrogen-bond acceptors (Lipinski definition) is 9. The Labute approximate surface area is 229 Å². The summed E-state index contributed by atoms with van der Waals surface area (Å²) in [5.74, 6) is -4.29. The Hall–Kier alpha value is -3.47. The molecule has 214 valence electrons. The predicted molar refractivity (Wildman–Crippen MR) is 131 cm³/mol. The predicted octanol–water partition coefficient (Wildman–Crippen LogP) is 2.42. The first-order chi connectivity index (χ1) is 18.2. The summed E-state index contributed by atoms with van der Waals surface area (Å²) in [6.07, 6.45) is -5.46. The van der Waals surface area contributed by atoms with Crippen molar-refractivity contribution in [3.63, 3.8) is 0 Å². The summed E-state index contributed by atoms with van der Waals surface area (Å²) in [5.41, 5.74) is 10.6. The zero-order valence-electron chi connectivity index (χ0n) is 19.6. The Bertz CT molecular complexity index is 1290. The second-order valence-corrected chi connectivity index (χ2v) is 9.95. The third kappa shape index (κ3) is 10.7. The van der Waals surface area contributed by atoms with E-state index in [1.54, 1.807) is 0 Å². The zero-order valence-corrected chi connectivity index (χ0v) is 21.9. The van der Waals surface area contributed by atoms with Gasteiger partial charge in [-0.05, 0) is 47.5 Å². The molecular weight excluding hydrogens is 596 g/mol. The van der Waals surface area contributed by atoms with E-state index in [9.17, 15) is 31.2 Å². The molecule has 0 fully saturated rings. The van der Waals surface area contributed by atoms with Gasteiger partial charge in [-0.15, -0.1) is 0 Å². The molecule has 0 bridgehead atoms. The van der Waals surface area contributed by atoms with Gasteiger partial charge >= 0.3 is 18.1 Å². The van der Waals surface area contributed by atoms with Crippen LogP contribution in [0.5, 0.6) is 5.75 Å². The average Bonchev–Trinajstić information content (AvgIpc) is 2.83. The van der Waals surface area contributed by atoms with Gasteiger partial charge in [-0.25, -0.2) is 27.8 Å². The summed E-state index contributed by atoms with van der Waals surface area (Å²) in [7, 11) is -4.54. The molecule has 0 unspecified atom stereocenters. The molecule has 0 aliphatic rings. The first-order valence-corrected chi connectivity index (χ1v) is 12.8. The number of oxime groups is 1. The molecule has 39 heavy (non-hydrogen) atoms. The van der Waals surface area contributed by atoms with Gasteiger partial charge in [0.25, 0.3) is 0 Å². The molecule has 5 N–H and O–H groups in total. The summed E-state index contributed by atoms with van der Waals surface area (Å²) in [5, 5.41) is 3.17. The lowest BCUT2D eigenvalue weighted by Crippen LogP contribution is -2.44. The van der Waals surface area contributed by atoms with E-state index in [2.05, 4.69) is 14.9 Å². The normalized spacial score (nSPS) is 12.2. The minimum absolute atomic E-state index is 0.123. The number of nitrogens with two attached hydrogens (primary N) is 2. The number of rotatable bonds is 12. The van der Waals surface area contributed by atoms with Crippen LogP contribution >= 0.6 is 23.2 Å². The number of nitrogens with one attached hydrogen (secondary N) is 1. The number of nitrogens with zero attached hydrogens (tertiary/aromatic N) is 1. The lowest BCUT2D eigenvalue weighted by Gasteiger charge is -2.18. The van der Waals surface area contributed by atoms with Gasteiger partial charge in [-0.1, -0.05) is 35.3 Å². The van der Waals surface area contributed by atoms with Crippen LogP contribution in [-0.2, 0) is 40.6 Å². The van der Waals surface area contributed by atoms with Crippen molar-refractivity contribution in [2.75, 3.05) is 13.2 Å². The van der Waals surface area contributed by atoms with E-state index >= 15 is 0 Å². The molecule has 0 aromatic heterocycles. The van der Waals surface area contributed by atoms with Gasteiger partial charge < -0.3 is 21.0 Å². The monoisotopic (exact) mass is 616 g/mol. The van der Waals surface area contributed by atoms with E-state index in [0.717, 1.165) is 12.1 Å². The van der Waals surface area contributed by atoms with Crippen LogP contribution in [0.15, 0.2) is 52.5 Å². The summed E-state index contributed by atoms with van der Waals surface area (Å²) >= 11 is 11.7. The molecular formula is C21H21Cl2F3N4O8S. The SMILES string of the molecule is NC(N)=NOCCCOc1ccc(C[C@H](NS(=O)(=O)c2ccc(Cl)cc2Cl)C(=O)OOC(=O)C(F)(F)F)cc1. The van der Waals surface area contributed by atoms with Crippen LogP contribution in [0, 0.1) is 0 Å². The molecule has 2 aromatic carbocycles. The van der Waals surface area contributed by atoms with E-state index in [1.165, 1.54) is 30.3 Å². The topological polar surface area (TPSA) is 182 Å². The van der Waals surface area contributed by atoms with Crippen molar-refractivity contribution in [1.82, 2.24) is 4.72 Å². The molecule has 2 rings (SSSR count). The Kier molecular flexibility index (Phi) is 11.5. The van der Waals surface area contributed by atoms with Crippen LogP contribution in [-0.4, -0.2) is 51.7 Å². The molecule has 1 atom stereocenters. The van der Waals surface area contributed by atoms with Crippen LogP contribution in [0.3, 0.4) is 0 Å². The van der Waals surface area contributed by atoms with E-state index in [1.807, 2.05) is 4.72 Å². The quantitative estimate of drug-likeness (QED) is 0.105. The second kappa shape index (κ2) is 14.1. The van der Waals surface area contributed by atoms with E-state index < -0.39 is 45.5 Å². The van der Waals surface area contributed by atoms with Gasteiger partial charge in [0.15, 0.2) is 0 Å². The number of carbonyl (C=O) groups excluding carboxylic acids is 2. The standard InChI is InChI=1S/C21H21Cl2F3N4O8S/c22-13-4-7-17(15(23)11-13)39(33,34)30-16(18(31)37-38-19(32)21(24,25)26)10-12-2-5-14(6-3-12)35-8-1-9-36-29-20(27)28/h2-7,11,16,30H,1,8-10H2,(H4,27,28,29)/t16-/m0/s1. The highest BCUT2D eigenvalue weighted by Crippen LogP contribution is 2.25. The minimum atomic E-state index is -5.46. The van der Waals surface area contributed by atoms with Crippen molar-refractivity contribution >= 4 is 51.1 Å². The number of halogens is 5. The van der Waals surface area contributed by atoms with Crippen molar-refractivity contribution < 1.29 is 50.5 Å². The maximum Gasteiger partial charge on any atom is 0.495 e. The zero-order chi connectivity index (χ0) is 29.2. The van der Waals surface area contributed by atoms with Crippen LogP contribution in [0.1, 0.15) is 12.0 Å². The molecule has 0 amide bonds. The molecule has 18 heteroatoms. The minimum Gasteiger partial charge on any atom is -0.493 e. The van der Waals surface area contributed by atoms with E-state index in [-0.39, 0.29) is 29.2 Å². The average molecular weight is 617 g/mol. The summed E-state index contributed by atoms with van der Waals surface area (Å²) < 4.78 is 70.4. The van der Waals surface area contributed by atoms with Crippen LogP contribution < -0.4 is 20.9 Å². The molecule has 0 radical (unpaired) electrons. The molecule has 0 saturated carbocycles. The van der Waals surface area contributed by atoms with Crippen molar-refractivity contribution in [2.45, 2.75) is 30.0 Å². The fourth-order valence-corrected chi connectivity index (χ4v) is 4.65. The number of hydrogen-bond donors (Lipinski definition) is 3. The largest absolute Gasteiger partial charge is 0.495 e. The smallest absolute Gasteiger partial charge is 0.493 e. The molecule has 0 spiro atoms.